The number of quaternary nitrogens is 1. The highest BCUT2D eigenvalue weighted by molar-refractivity contribution is 6.30. The van der Waals surface area contributed by atoms with Gasteiger partial charge in [-0.1, -0.05) is 23.7 Å². The molecule has 3 heterocycles. The SMILES string of the molecule is C[NH+]1C(=O)N(CCCO)C(=O)c2c1nc(-c1cccc(F)c1)n2Cc1ccc(Cl)cn1. The maximum Gasteiger partial charge on any atom is 0.430 e. The number of nitrogens with one attached hydrogen (secondary N) is 1. The third-order valence-electron chi connectivity index (χ3n) is 5.07. The van der Waals surface area contributed by atoms with Crippen LogP contribution in [0.15, 0.2) is 42.6 Å². The van der Waals surface area contributed by atoms with Gasteiger partial charge in [-0.25, -0.2) is 19.0 Å². The Balaban J connectivity index is 1.88. The van der Waals surface area contributed by atoms with E-state index >= 15 is 0 Å². The van der Waals surface area contributed by atoms with E-state index < -0.39 is 17.8 Å². The van der Waals surface area contributed by atoms with Crippen molar-refractivity contribution in [3.63, 3.8) is 0 Å². The molecule has 31 heavy (non-hydrogen) atoms. The van der Waals surface area contributed by atoms with Crippen molar-refractivity contribution in [3.05, 3.63) is 64.8 Å². The van der Waals surface area contributed by atoms with Crippen LogP contribution in [0, 0.1) is 5.82 Å². The first-order valence-electron chi connectivity index (χ1n) is 9.68. The Morgan fingerprint density at radius 3 is 2.71 bits per heavy atom. The molecule has 1 unspecified atom stereocenters. The molecule has 3 amide bonds. The molecular formula is C21H20ClFN5O3+. The summed E-state index contributed by atoms with van der Waals surface area (Å²) in [5.74, 6) is -0.334. The van der Waals surface area contributed by atoms with Gasteiger partial charge < -0.3 is 9.67 Å². The van der Waals surface area contributed by atoms with Gasteiger partial charge in [0.1, 0.15) is 11.6 Å². The molecule has 0 bridgehead atoms. The van der Waals surface area contributed by atoms with Crippen LogP contribution in [0.4, 0.5) is 15.0 Å². The summed E-state index contributed by atoms with van der Waals surface area (Å²) >= 11 is 5.93. The van der Waals surface area contributed by atoms with Gasteiger partial charge in [0.15, 0.2) is 5.69 Å². The lowest BCUT2D eigenvalue weighted by atomic mass is 10.2. The van der Waals surface area contributed by atoms with Gasteiger partial charge in [0, 0.05) is 24.9 Å². The molecule has 160 valence electrons. The Morgan fingerprint density at radius 2 is 2.03 bits per heavy atom. The van der Waals surface area contributed by atoms with Gasteiger partial charge >= 0.3 is 6.03 Å². The number of carbonyl (C=O) groups excluding carboxylic acids is 2. The van der Waals surface area contributed by atoms with E-state index in [4.69, 9.17) is 16.7 Å². The third kappa shape index (κ3) is 3.95. The number of imide groups is 1. The van der Waals surface area contributed by atoms with Crippen LogP contribution in [0.1, 0.15) is 22.6 Å². The van der Waals surface area contributed by atoms with Crippen LogP contribution in [0.25, 0.3) is 11.4 Å². The summed E-state index contributed by atoms with van der Waals surface area (Å²) in [6, 6.07) is 8.85. The van der Waals surface area contributed by atoms with Gasteiger partial charge in [-0.2, -0.15) is 4.98 Å². The molecule has 4 rings (SSSR count). The number of aromatic nitrogens is 3. The van der Waals surface area contributed by atoms with Crippen molar-refractivity contribution < 1.29 is 24.0 Å². The van der Waals surface area contributed by atoms with Gasteiger partial charge in [0.25, 0.3) is 11.7 Å². The summed E-state index contributed by atoms with van der Waals surface area (Å²) in [6.45, 7) is 0.114. The van der Waals surface area contributed by atoms with Gasteiger partial charge in [-0.05, 0) is 30.7 Å². The highest BCUT2D eigenvalue weighted by Crippen LogP contribution is 2.28. The molecule has 8 nitrogen and oxygen atoms in total. The lowest BCUT2D eigenvalue weighted by Crippen LogP contribution is -3.10. The van der Waals surface area contributed by atoms with Gasteiger partial charge in [0.2, 0.25) is 0 Å². The van der Waals surface area contributed by atoms with E-state index in [9.17, 15) is 14.0 Å². The normalized spacial score (nSPS) is 16.0. The lowest BCUT2D eigenvalue weighted by Gasteiger charge is -2.26. The summed E-state index contributed by atoms with van der Waals surface area (Å²) in [7, 11) is 1.60. The maximum atomic E-state index is 13.9. The lowest BCUT2D eigenvalue weighted by molar-refractivity contribution is -0.726. The quantitative estimate of drug-likeness (QED) is 0.605. The van der Waals surface area contributed by atoms with Crippen molar-refractivity contribution in [1.29, 1.82) is 0 Å². The van der Waals surface area contributed by atoms with E-state index in [0.717, 1.165) is 4.90 Å². The number of urea groups is 1. The summed E-state index contributed by atoms with van der Waals surface area (Å²) in [6.07, 6.45) is 1.77. The number of nitrogens with zero attached hydrogens (tertiary/aromatic N) is 4. The Morgan fingerprint density at radius 1 is 1.23 bits per heavy atom. The van der Waals surface area contributed by atoms with E-state index in [1.165, 1.54) is 18.3 Å². The molecule has 1 atom stereocenters. The van der Waals surface area contributed by atoms with Crippen molar-refractivity contribution in [2.45, 2.75) is 13.0 Å². The number of rotatable bonds is 6. The molecule has 3 aromatic rings. The topological polar surface area (TPSA) is 92.8 Å². The average Bonchev–Trinajstić information content (AvgIpc) is 3.13. The highest BCUT2D eigenvalue weighted by atomic mass is 35.5. The first-order valence-corrected chi connectivity index (χ1v) is 10.1. The number of aliphatic hydroxyl groups excluding tert-OH is 1. The van der Waals surface area contributed by atoms with Crippen molar-refractivity contribution >= 4 is 29.4 Å². The first-order chi connectivity index (χ1) is 14.9. The monoisotopic (exact) mass is 444 g/mol. The number of amides is 3. The second-order valence-corrected chi connectivity index (χ2v) is 7.60. The van der Waals surface area contributed by atoms with Crippen LogP contribution in [-0.2, 0) is 6.54 Å². The summed E-state index contributed by atoms with van der Waals surface area (Å²) < 4.78 is 15.6. The number of halogens is 2. The number of hydrogen-bond acceptors (Lipinski definition) is 5. The standard InChI is InChI=1S/C21H19ClFN5O3/c1-26-19-17(20(30)27(21(26)31)8-3-9-29)28(12-16-7-6-14(22)11-24-16)18(25-19)13-4-2-5-15(23)10-13/h2,4-7,10-11,29H,3,8-9,12H2,1H3/p+1. The van der Waals surface area contributed by atoms with E-state index in [0.29, 0.717) is 27.0 Å². The fourth-order valence-corrected chi connectivity index (χ4v) is 3.66. The molecule has 1 aromatic carbocycles. The van der Waals surface area contributed by atoms with Crippen LogP contribution >= 0.6 is 11.6 Å². The molecule has 0 fully saturated rings. The highest BCUT2D eigenvalue weighted by Gasteiger charge is 2.44. The number of benzene rings is 1. The zero-order valence-corrected chi connectivity index (χ0v) is 17.4. The number of pyridine rings is 1. The van der Waals surface area contributed by atoms with Crippen molar-refractivity contribution in [2.75, 3.05) is 20.2 Å². The fourth-order valence-electron chi connectivity index (χ4n) is 3.55. The van der Waals surface area contributed by atoms with Crippen molar-refractivity contribution in [3.8, 4) is 11.4 Å². The van der Waals surface area contributed by atoms with Gasteiger partial charge in [0.05, 0.1) is 24.3 Å². The second-order valence-electron chi connectivity index (χ2n) is 7.16. The van der Waals surface area contributed by atoms with E-state index in [2.05, 4.69) is 9.97 Å². The predicted octanol–water partition coefficient (Wildman–Crippen LogP) is 1.89. The largest absolute Gasteiger partial charge is 0.430 e. The van der Waals surface area contributed by atoms with E-state index in [1.807, 2.05) is 0 Å². The minimum atomic E-state index is -0.511. The Hall–Kier alpha value is -3.14. The minimum Gasteiger partial charge on any atom is -0.396 e. The number of fused-ring (bicyclic) bond motifs is 1. The molecule has 10 heteroatoms. The molecule has 0 saturated heterocycles. The zero-order chi connectivity index (χ0) is 22.1. The molecule has 2 N–H and O–H groups in total. The number of carbonyl (C=O) groups is 2. The molecule has 0 radical (unpaired) electrons. The van der Waals surface area contributed by atoms with Crippen LogP contribution < -0.4 is 4.90 Å². The number of aliphatic hydroxyl groups is 1. The first kappa shape index (κ1) is 21.1. The molecule has 0 aliphatic carbocycles. The number of hydrogen-bond donors (Lipinski definition) is 2. The maximum absolute atomic E-state index is 13.9. The molecule has 0 spiro atoms. The van der Waals surface area contributed by atoms with Crippen LogP contribution in [0.2, 0.25) is 5.02 Å². The van der Waals surface area contributed by atoms with Gasteiger partial charge in [-0.3, -0.25) is 9.78 Å². The van der Waals surface area contributed by atoms with Crippen LogP contribution in [0.5, 0.6) is 0 Å². The van der Waals surface area contributed by atoms with E-state index in [-0.39, 0.29) is 37.6 Å². The third-order valence-corrected chi connectivity index (χ3v) is 5.29. The Kier molecular flexibility index (Phi) is 5.81. The fraction of sp³-hybridized carbons (Fsp3) is 0.238. The van der Waals surface area contributed by atoms with Gasteiger partial charge in [-0.15, -0.1) is 0 Å². The summed E-state index contributed by atoms with van der Waals surface area (Å²) in [5, 5.41) is 9.63. The molecular weight excluding hydrogens is 425 g/mol. The smallest absolute Gasteiger partial charge is 0.396 e. The summed E-state index contributed by atoms with van der Waals surface area (Å²) in [5.41, 5.74) is 1.32. The van der Waals surface area contributed by atoms with Crippen molar-refractivity contribution in [2.24, 2.45) is 0 Å². The predicted molar refractivity (Wildman–Crippen MR) is 111 cm³/mol. The molecule has 1 aliphatic rings. The molecule has 1 aliphatic heterocycles. The average molecular weight is 445 g/mol. The van der Waals surface area contributed by atoms with E-state index in [1.54, 1.807) is 35.9 Å². The number of imidazole rings is 1. The second kappa shape index (κ2) is 8.54. The molecule has 0 saturated carbocycles. The Labute approximate surface area is 182 Å². The minimum absolute atomic E-state index is 0.0879. The van der Waals surface area contributed by atoms with Crippen LogP contribution in [0.3, 0.4) is 0 Å². The summed E-state index contributed by atoms with van der Waals surface area (Å²) in [4.78, 5) is 36.3. The van der Waals surface area contributed by atoms with Crippen LogP contribution in [-0.4, -0.2) is 56.7 Å². The van der Waals surface area contributed by atoms with Crippen molar-refractivity contribution in [1.82, 2.24) is 19.4 Å². The zero-order valence-electron chi connectivity index (χ0n) is 16.7. The molecule has 2 aromatic heterocycles. The Bertz CT molecular complexity index is 1150.